The third-order valence-electron chi connectivity index (χ3n) is 2.79. The second kappa shape index (κ2) is 6.18. The standard InChI is InChI=1S/C13H14BN3O3/c15-13(18)12(9-4-2-1-3-5-9)17-11-6-10(14(19)20)7-16-8-11/h1-8,12,17,19-20H,(H2,15,18)/t12-/m0/s1. The Hall–Kier alpha value is -2.38. The number of aromatic nitrogens is 1. The number of nitrogens with zero attached hydrogens (tertiary/aromatic N) is 1. The summed E-state index contributed by atoms with van der Waals surface area (Å²) in [5.41, 5.74) is 6.81. The summed E-state index contributed by atoms with van der Waals surface area (Å²) in [6.07, 6.45) is 2.81. The van der Waals surface area contributed by atoms with Crippen LogP contribution in [0.2, 0.25) is 0 Å². The van der Waals surface area contributed by atoms with E-state index in [2.05, 4.69) is 10.3 Å². The zero-order valence-corrected chi connectivity index (χ0v) is 10.6. The molecular formula is C13H14BN3O3. The van der Waals surface area contributed by atoms with Gasteiger partial charge in [0, 0.05) is 17.9 Å². The average Bonchev–Trinajstić information content (AvgIpc) is 2.45. The number of anilines is 1. The summed E-state index contributed by atoms with van der Waals surface area (Å²) < 4.78 is 0. The van der Waals surface area contributed by atoms with Gasteiger partial charge in [-0.3, -0.25) is 9.78 Å². The summed E-state index contributed by atoms with van der Waals surface area (Å²) in [5, 5.41) is 21.1. The minimum atomic E-state index is -1.62. The van der Waals surface area contributed by atoms with E-state index in [1.54, 1.807) is 24.3 Å². The molecule has 0 spiro atoms. The Morgan fingerprint density at radius 1 is 1.25 bits per heavy atom. The highest BCUT2D eigenvalue weighted by Crippen LogP contribution is 2.18. The molecule has 102 valence electrons. The summed E-state index contributed by atoms with van der Waals surface area (Å²) >= 11 is 0. The lowest BCUT2D eigenvalue weighted by Crippen LogP contribution is -2.32. The number of carbonyl (C=O) groups excluding carboxylic acids is 1. The number of carbonyl (C=O) groups is 1. The molecular weight excluding hydrogens is 257 g/mol. The zero-order chi connectivity index (χ0) is 14.5. The number of benzene rings is 1. The van der Waals surface area contributed by atoms with Crippen LogP contribution in [-0.2, 0) is 4.79 Å². The van der Waals surface area contributed by atoms with Gasteiger partial charge in [0.1, 0.15) is 6.04 Å². The predicted octanol–water partition coefficient (Wildman–Crippen LogP) is -0.600. The molecule has 0 bridgehead atoms. The van der Waals surface area contributed by atoms with Crippen LogP contribution in [0.3, 0.4) is 0 Å². The molecule has 1 aromatic heterocycles. The molecule has 6 nitrogen and oxygen atoms in total. The molecule has 0 aliphatic heterocycles. The molecule has 1 amide bonds. The van der Waals surface area contributed by atoms with E-state index in [-0.39, 0.29) is 5.46 Å². The smallest absolute Gasteiger partial charge is 0.423 e. The molecule has 7 heteroatoms. The number of rotatable bonds is 5. The first-order valence-electron chi connectivity index (χ1n) is 6.00. The summed E-state index contributed by atoms with van der Waals surface area (Å²) in [4.78, 5) is 15.4. The lowest BCUT2D eigenvalue weighted by molar-refractivity contribution is -0.118. The zero-order valence-electron chi connectivity index (χ0n) is 10.6. The lowest BCUT2D eigenvalue weighted by Gasteiger charge is -2.17. The Bertz CT molecular complexity index is 592. The lowest BCUT2D eigenvalue weighted by atomic mass is 9.81. The molecule has 0 saturated heterocycles. The molecule has 0 fully saturated rings. The van der Waals surface area contributed by atoms with E-state index in [4.69, 9.17) is 15.8 Å². The van der Waals surface area contributed by atoms with Gasteiger partial charge >= 0.3 is 7.12 Å². The third kappa shape index (κ3) is 3.34. The van der Waals surface area contributed by atoms with E-state index in [1.165, 1.54) is 18.5 Å². The van der Waals surface area contributed by atoms with Crippen molar-refractivity contribution in [3.63, 3.8) is 0 Å². The highest BCUT2D eigenvalue weighted by atomic mass is 16.4. The number of hydrogen-bond acceptors (Lipinski definition) is 5. The SMILES string of the molecule is NC(=O)[C@@H](Nc1cncc(B(O)O)c1)c1ccccc1. The molecule has 1 heterocycles. The summed E-state index contributed by atoms with van der Waals surface area (Å²) in [7, 11) is -1.62. The number of nitrogens with one attached hydrogen (secondary N) is 1. The minimum Gasteiger partial charge on any atom is -0.423 e. The molecule has 1 aromatic carbocycles. The topological polar surface area (TPSA) is 108 Å². The third-order valence-corrected chi connectivity index (χ3v) is 2.79. The van der Waals surface area contributed by atoms with E-state index in [9.17, 15) is 4.79 Å². The van der Waals surface area contributed by atoms with Crippen molar-refractivity contribution in [1.29, 1.82) is 0 Å². The van der Waals surface area contributed by atoms with Gasteiger partial charge in [-0.1, -0.05) is 30.3 Å². The van der Waals surface area contributed by atoms with E-state index in [0.29, 0.717) is 5.69 Å². The van der Waals surface area contributed by atoms with E-state index < -0.39 is 19.1 Å². The first-order valence-corrected chi connectivity index (χ1v) is 6.00. The van der Waals surface area contributed by atoms with Crippen LogP contribution in [0.15, 0.2) is 48.8 Å². The fourth-order valence-corrected chi connectivity index (χ4v) is 1.81. The highest BCUT2D eigenvalue weighted by Gasteiger charge is 2.18. The highest BCUT2D eigenvalue weighted by molar-refractivity contribution is 6.58. The number of nitrogens with two attached hydrogens (primary N) is 1. The number of primary amides is 1. The fraction of sp³-hybridized carbons (Fsp3) is 0.0769. The Kier molecular flexibility index (Phi) is 4.34. The summed E-state index contributed by atoms with van der Waals surface area (Å²) in [6.45, 7) is 0. The van der Waals surface area contributed by atoms with Crippen molar-refractivity contribution in [3.05, 3.63) is 54.4 Å². The van der Waals surface area contributed by atoms with Crippen LogP contribution in [-0.4, -0.2) is 28.1 Å². The molecule has 1 atom stereocenters. The summed E-state index contributed by atoms with van der Waals surface area (Å²) in [5.74, 6) is -0.536. The molecule has 2 aromatic rings. The maximum Gasteiger partial charge on any atom is 0.490 e. The van der Waals surface area contributed by atoms with Crippen molar-refractivity contribution >= 4 is 24.2 Å². The maximum atomic E-state index is 11.6. The number of amides is 1. The van der Waals surface area contributed by atoms with Gasteiger partial charge in [-0.25, -0.2) is 0 Å². The van der Waals surface area contributed by atoms with Crippen molar-refractivity contribution in [2.24, 2.45) is 5.73 Å². The normalized spacial score (nSPS) is 11.7. The Morgan fingerprint density at radius 2 is 1.95 bits per heavy atom. The van der Waals surface area contributed by atoms with Crippen LogP contribution in [0.25, 0.3) is 0 Å². The van der Waals surface area contributed by atoms with Crippen molar-refractivity contribution < 1.29 is 14.8 Å². The van der Waals surface area contributed by atoms with Gasteiger partial charge in [-0.2, -0.15) is 0 Å². The van der Waals surface area contributed by atoms with Gasteiger partial charge in [0.15, 0.2) is 0 Å². The van der Waals surface area contributed by atoms with Crippen molar-refractivity contribution in [3.8, 4) is 0 Å². The molecule has 0 aliphatic carbocycles. The number of pyridine rings is 1. The predicted molar refractivity (Wildman–Crippen MR) is 76.1 cm³/mol. The van der Waals surface area contributed by atoms with Gasteiger partial charge in [0.05, 0.1) is 5.69 Å². The summed E-state index contributed by atoms with van der Waals surface area (Å²) in [6, 6.07) is 9.78. The molecule has 2 rings (SSSR count). The minimum absolute atomic E-state index is 0.228. The second-order valence-electron chi connectivity index (χ2n) is 4.27. The van der Waals surface area contributed by atoms with E-state index in [0.717, 1.165) is 5.56 Å². The fourth-order valence-electron chi connectivity index (χ4n) is 1.81. The van der Waals surface area contributed by atoms with Crippen molar-refractivity contribution in [2.45, 2.75) is 6.04 Å². The average molecular weight is 271 g/mol. The van der Waals surface area contributed by atoms with Gasteiger partial charge in [0.25, 0.3) is 0 Å². The second-order valence-corrected chi connectivity index (χ2v) is 4.27. The largest absolute Gasteiger partial charge is 0.490 e. The first-order chi connectivity index (χ1) is 9.58. The maximum absolute atomic E-state index is 11.6. The van der Waals surface area contributed by atoms with Gasteiger partial charge in [-0.05, 0) is 11.6 Å². The molecule has 0 radical (unpaired) electrons. The first kappa shape index (κ1) is 14.0. The monoisotopic (exact) mass is 271 g/mol. The van der Waals surface area contributed by atoms with Crippen LogP contribution in [0.4, 0.5) is 5.69 Å². The van der Waals surface area contributed by atoms with Gasteiger partial charge in [0.2, 0.25) is 5.91 Å². The Balaban J connectivity index is 2.25. The van der Waals surface area contributed by atoms with Crippen LogP contribution in [0.5, 0.6) is 0 Å². The quantitative estimate of drug-likeness (QED) is 0.543. The van der Waals surface area contributed by atoms with Crippen LogP contribution >= 0.6 is 0 Å². The van der Waals surface area contributed by atoms with Crippen LogP contribution in [0.1, 0.15) is 11.6 Å². The Labute approximate surface area is 116 Å². The van der Waals surface area contributed by atoms with Crippen molar-refractivity contribution in [1.82, 2.24) is 4.98 Å². The molecule has 0 aliphatic rings. The molecule has 5 N–H and O–H groups in total. The van der Waals surface area contributed by atoms with E-state index >= 15 is 0 Å². The Morgan fingerprint density at radius 3 is 2.55 bits per heavy atom. The molecule has 20 heavy (non-hydrogen) atoms. The molecule has 0 saturated carbocycles. The van der Waals surface area contributed by atoms with Crippen molar-refractivity contribution in [2.75, 3.05) is 5.32 Å². The van der Waals surface area contributed by atoms with E-state index in [1.807, 2.05) is 6.07 Å². The van der Waals surface area contributed by atoms with Crippen LogP contribution < -0.4 is 16.5 Å². The molecule has 0 unspecified atom stereocenters. The van der Waals surface area contributed by atoms with Gasteiger partial charge < -0.3 is 21.1 Å². The van der Waals surface area contributed by atoms with Gasteiger partial charge in [-0.15, -0.1) is 0 Å². The number of hydrogen-bond donors (Lipinski definition) is 4. The van der Waals surface area contributed by atoms with Crippen LogP contribution in [0, 0.1) is 0 Å².